The van der Waals surface area contributed by atoms with E-state index in [1.165, 1.54) is 7.11 Å². The first-order chi connectivity index (χ1) is 12.8. The molecule has 1 aromatic carbocycles. The summed E-state index contributed by atoms with van der Waals surface area (Å²) in [6.45, 7) is 5.32. The van der Waals surface area contributed by atoms with Crippen molar-refractivity contribution in [2.45, 2.75) is 26.9 Å². The van der Waals surface area contributed by atoms with Gasteiger partial charge < -0.3 is 14.2 Å². The normalized spacial score (nSPS) is 15.6. The van der Waals surface area contributed by atoms with Crippen LogP contribution in [0.3, 0.4) is 0 Å². The second-order valence-electron chi connectivity index (χ2n) is 5.77. The highest BCUT2D eigenvalue weighted by Crippen LogP contribution is 2.39. The van der Waals surface area contributed by atoms with E-state index in [9.17, 15) is 14.4 Å². The van der Waals surface area contributed by atoms with Crippen LogP contribution in [0.25, 0.3) is 6.08 Å². The largest absolute Gasteiger partial charge is 0.493 e. The van der Waals surface area contributed by atoms with E-state index in [0.717, 1.165) is 16.7 Å². The Labute approximate surface area is 170 Å². The molecule has 0 unspecified atom stereocenters. The van der Waals surface area contributed by atoms with Crippen LogP contribution in [-0.2, 0) is 14.3 Å². The summed E-state index contributed by atoms with van der Waals surface area (Å²) in [7, 11) is 1.52. The van der Waals surface area contributed by atoms with Gasteiger partial charge in [-0.15, -0.1) is 0 Å². The van der Waals surface area contributed by atoms with E-state index in [2.05, 4.69) is 15.9 Å². The van der Waals surface area contributed by atoms with Gasteiger partial charge in [0, 0.05) is 0 Å². The number of rotatable bonds is 7. The second kappa shape index (κ2) is 9.27. The molecule has 27 heavy (non-hydrogen) atoms. The number of benzene rings is 1. The molecule has 0 radical (unpaired) electrons. The predicted molar refractivity (Wildman–Crippen MR) is 106 cm³/mol. The first-order valence-corrected chi connectivity index (χ1v) is 9.82. The summed E-state index contributed by atoms with van der Waals surface area (Å²) in [5.41, 5.74) is 0.650. The summed E-state index contributed by atoms with van der Waals surface area (Å²) >= 11 is 4.19. The van der Waals surface area contributed by atoms with Gasteiger partial charge in [0.05, 0.1) is 29.2 Å². The summed E-state index contributed by atoms with van der Waals surface area (Å²) in [6.07, 6.45) is 1.25. The van der Waals surface area contributed by atoms with Crippen molar-refractivity contribution in [3.8, 4) is 11.5 Å². The molecule has 0 atom stereocenters. The zero-order valence-corrected chi connectivity index (χ0v) is 17.8. The van der Waals surface area contributed by atoms with Crippen LogP contribution in [0.5, 0.6) is 11.5 Å². The Bertz CT molecular complexity index is 792. The molecule has 0 aliphatic carbocycles. The molecule has 2 amide bonds. The van der Waals surface area contributed by atoms with Crippen molar-refractivity contribution < 1.29 is 28.6 Å². The van der Waals surface area contributed by atoms with Crippen molar-refractivity contribution in [3.05, 3.63) is 27.1 Å². The van der Waals surface area contributed by atoms with Crippen LogP contribution in [-0.4, -0.2) is 48.4 Å². The number of hydrogen-bond donors (Lipinski definition) is 0. The number of carbonyl (C=O) groups is 3. The van der Waals surface area contributed by atoms with Crippen LogP contribution in [0.1, 0.15) is 26.3 Å². The zero-order valence-electron chi connectivity index (χ0n) is 15.4. The number of imide groups is 1. The monoisotopic (exact) mass is 457 g/mol. The SMILES string of the molecule is CCOc1c(Br)cc(/C=C2\SC(=O)N(CC(=O)OC(C)C)C2=O)cc1OC. The fourth-order valence-corrected chi connectivity index (χ4v) is 3.74. The highest BCUT2D eigenvalue weighted by Gasteiger charge is 2.36. The summed E-state index contributed by atoms with van der Waals surface area (Å²) in [5, 5.41) is -0.510. The Morgan fingerprint density at radius 3 is 2.63 bits per heavy atom. The molecule has 7 nitrogen and oxygen atoms in total. The summed E-state index contributed by atoms with van der Waals surface area (Å²) in [6, 6.07) is 3.46. The van der Waals surface area contributed by atoms with E-state index < -0.39 is 23.7 Å². The van der Waals surface area contributed by atoms with Gasteiger partial charge in [0.2, 0.25) is 0 Å². The minimum absolute atomic E-state index is 0.218. The molecule has 0 bridgehead atoms. The molecule has 1 saturated heterocycles. The highest BCUT2D eigenvalue weighted by molar-refractivity contribution is 9.10. The van der Waals surface area contributed by atoms with E-state index >= 15 is 0 Å². The number of halogens is 1. The average Bonchev–Trinajstić information content (AvgIpc) is 2.83. The predicted octanol–water partition coefficient (Wildman–Crippen LogP) is 3.84. The molecule has 0 spiro atoms. The van der Waals surface area contributed by atoms with E-state index in [-0.39, 0.29) is 11.0 Å². The molecule has 1 aliphatic rings. The molecule has 0 saturated carbocycles. The minimum Gasteiger partial charge on any atom is -0.493 e. The van der Waals surface area contributed by atoms with Crippen molar-refractivity contribution in [1.82, 2.24) is 4.90 Å². The Hall–Kier alpha value is -2.00. The first kappa shape index (κ1) is 21.3. The van der Waals surface area contributed by atoms with Crippen molar-refractivity contribution in [3.63, 3.8) is 0 Å². The van der Waals surface area contributed by atoms with Gasteiger partial charge in [0.1, 0.15) is 6.54 Å². The van der Waals surface area contributed by atoms with Crippen molar-refractivity contribution in [2.24, 2.45) is 0 Å². The Balaban J connectivity index is 2.25. The van der Waals surface area contributed by atoms with Crippen LogP contribution in [0.2, 0.25) is 0 Å². The Morgan fingerprint density at radius 2 is 2.04 bits per heavy atom. The standard InChI is InChI=1S/C18H20BrNO6S/c1-5-25-16-12(19)6-11(7-13(16)24-4)8-14-17(22)20(18(23)27-14)9-15(21)26-10(2)3/h6-8,10H,5,9H2,1-4H3/b14-8-. The zero-order chi connectivity index (χ0) is 20.1. The number of esters is 1. The molecule has 1 aromatic rings. The lowest BCUT2D eigenvalue weighted by molar-refractivity contribution is -0.149. The van der Waals surface area contributed by atoms with Crippen LogP contribution < -0.4 is 9.47 Å². The molecular formula is C18H20BrNO6S. The van der Waals surface area contributed by atoms with E-state index in [0.29, 0.717) is 28.1 Å². The maximum absolute atomic E-state index is 12.5. The van der Waals surface area contributed by atoms with Crippen LogP contribution in [0, 0.1) is 0 Å². The maximum Gasteiger partial charge on any atom is 0.326 e. The molecule has 2 rings (SSSR count). The maximum atomic E-state index is 12.5. The topological polar surface area (TPSA) is 82.1 Å². The third kappa shape index (κ3) is 5.26. The fourth-order valence-electron chi connectivity index (χ4n) is 2.32. The Kier molecular flexibility index (Phi) is 7.32. The van der Waals surface area contributed by atoms with Gasteiger partial charge >= 0.3 is 5.97 Å². The third-order valence-corrected chi connectivity index (χ3v) is 4.86. The highest BCUT2D eigenvalue weighted by atomic mass is 79.9. The molecule has 9 heteroatoms. The molecule has 1 aliphatic heterocycles. The lowest BCUT2D eigenvalue weighted by atomic mass is 10.2. The molecule has 1 heterocycles. The van der Waals surface area contributed by atoms with Gasteiger partial charge in [-0.1, -0.05) is 0 Å². The number of methoxy groups -OCH3 is 1. The molecular weight excluding hydrogens is 438 g/mol. The van der Waals surface area contributed by atoms with Crippen molar-refractivity contribution in [2.75, 3.05) is 20.3 Å². The number of nitrogens with zero attached hydrogens (tertiary/aromatic N) is 1. The van der Waals surface area contributed by atoms with Crippen LogP contribution in [0.15, 0.2) is 21.5 Å². The number of amides is 2. The number of carbonyl (C=O) groups excluding carboxylic acids is 3. The van der Waals surface area contributed by atoms with E-state index in [1.54, 1.807) is 32.1 Å². The van der Waals surface area contributed by atoms with E-state index in [4.69, 9.17) is 14.2 Å². The fraction of sp³-hybridized carbons (Fsp3) is 0.389. The molecule has 146 valence electrons. The third-order valence-electron chi connectivity index (χ3n) is 3.37. The summed E-state index contributed by atoms with van der Waals surface area (Å²) in [4.78, 5) is 37.4. The second-order valence-corrected chi connectivity index (χ2v) is 7.62. The minimum atomic E-state index is -0.626. The summed E-state index contributed by atoms with van der Waals surface area (Å²) in [5.74, 6) is -0.104. The first-order valence-electron chi connectivity index (χ1n) is 8.22. The smallest absolute Gasteiger partial charge is 0.326 e. The Morgan fingerprint density at radius 1 is 1.33 bits per heavy atom. The van der Waals surface area contributed by atoms with Gasteiger partial charge in [-0.3, -0.25) is 19.3 Å². The lowest BCUT2D eigenvalue weighted by Gasteiger charge is -2.13. The summed E-state index contributed by atoms with van der Waals surface area (Å²) < 4.78 is 16.5. The molecule has 0 aromatic heterocycles. The lowest BCUT2D eigenvalue weighted by Crippen LogP contribution is -2.35. The number of hydrogen-bond acceptors (Lipinski definition) is 7. The van der Waals surface area contributed by atoms with E-state index in [1.807, 2.05) is 6.92 Å². The quantitative estimate of drug-likeness (QED) is 0.454. The number of thioether (sulfide) groups is 1. The molecule has 1 fully saturated rings. The van der Waals surface area contributed by atoms with Gasteiger partial charge in [-0.25, -0.2) is 0 Å². The van der Waals surface area contributed by atoms with Crippen LogP contribution >= 0.6 is 27.7 Å². The molecule has 0 N–H and O–H groups in total. The van der Waals surface area contributed by atoms with Gasteiger partial charge in [-0.05, 0) is 72.2 Å². The van der Waals surface area contributed by atoms with Crippen LogP contribution in [0.4, 0.5) is 4.79 Å². The van der Waals surface area contributed by atoms with Gasteiger partial charge in [0.25, 0.3) is 11.1 Å². The van der Waals surface area contributed by atoms with Crippen molar-refractivity contribution >= 4 is 50.9 Å². The van der Waals surface area contributed by atoms with Crippen molar-refractivity contribution in [1.29, 1.82) is 0 Å². The van der Waals surface area contributed by atoms with Gasteiger partial charge in [0.15, 0.2) is 11.5 Å². The number of ether oxygens (including phenoxy) is 3. The van der Waals surface area contributed by atoms with Gasteiger partial charge in [-0.2, -0.15) is 0 Å². The average molecular weight is 458 g/mol.